The van der Waals surface area contributed by atoms with Crippen molar-refractivity contribution in [1.82, 2.24) is 9.97 Å². The van der Waals surface area contributed by atoms with Crippen LogP contribution in [0.4, 0.5) is 0 Å². The highest BCUT2D eigenvalue weighted by Gasteiger charge is 2.46. The molecule has 0 aromatic carbocycles. The van der Waals surface area contributed by atoms with Gasteiger partial charge in [0.05, 0.1) is 16.1 Å². The van der Waals surface area contributed by atoms with Gasteiger partial charge in [0.15, 0.2) is 15.6 Å². The van der Waals surface area contributed by atoms with E-state index in [2.05, 4.69) is 9.97 Å². The Kier molecular flexibility index (Phi) is 3.36. The van der Waals surface area contributed by atoms with Crippen molar-refractivity contribution in [2.75, 3.05) is 0 Å². The molecule has 2 bridgehead atoms. The second kappa shape index (κ2) is 4.91. The molecule has 5 nitrogen and oxygen atoms in total. The molecule has 0 radical (unpaired) electrons. The minimum absolute atomic E-state index is 0.00296. The maximum Gasteiger partial charge on any atom is 0.169 e. The average Bonchev–Trinajstić information content (AvgIpc) is 2.37. The van der Waals surface area contributed by atoms with E-state index in [1.54, 1.807) is 19.3 Å². The molecule has 6 heteroatoms. The largest absolute Gasteiger partial charge is 0.294 e. The summed E-state index contributed by atoms with van der Waals surface area (Å²) in [5.41, 5.74) is 0.498. The van der Waals surface area contributed by atoms with Gasteiger partial charge in [-0.2, -0.15) is 0 Å². The van der Waals surface area contributed by atoms with Crippen LogP contribution in [0, 0.1) is 12.8 Å². The summed E-state index contributed by atoms with van der Waals surface area (Å²) in [6.07, 6.45) is 6.38. The summed E-state index contributed by atoms with van der Waals surface area (Å²) >= 11 is 0. The fourth-order valence-corrected chi connectivity index (χ4v) is 5.91. The van der Waals surface area contributed by atoms with Crippen LogP contribution in [0.1, 0.15) is 48.3 Å². The number of aryl methyl sites for hydroxylation is 1. The van der Waals surface area contributed by atoms with Gasteiger partial charge in [0.2, 0.25) is 0 Å². The van der Waals surface area contributed by atoms with E-state index in [1.807, 2.05) is 0 Å². The molecule has 1 aromatic rings. The van der Waals surface area contributed by atoms with Crippen molar-refractivity contribution in [2.45, 2.75) is 49.5 Å². The molecule has 108 valence electrons. The van der Waals surface area contributed by atoms with Crippen LogP contribution in [0.5, 0.6) is 0 Å². The molecule has 2 atom stereocenters. The summed E-state index contributed by atoms with van der Waals surface area (Å²) in [7, 11) is -3.00. The number of nitrogens with zero attached hydrogens (tertiary/aromatic N) is 2. The third-order valence-corrected chi connectivity index (χ3v) is 7.23. The highest BCUT2D eigenvalue weighted by molar-refractivity contribution is 7.92. The van der Waals surface area contributed by atoms with Crippen molar-refractivity contribution in [3.8, 4) is 0 Å². The second-order valence-corrected chi connectivity index (χ2v) is 8.33. The third kappa shape index (κ3) is 2.26. The van der Waals surface area contributed by atoms with Gasteiger partial charge < -0.3 is 0 Å². The van der Waals surface area contributed by atoms with Gasteiger partial charge in [0.1, 0.15) is 5.82 Å². The second-order valence-electron chi connectivity index (χ2n) is 5.82. The highest BCUT2D eigenvalue weighted by atomic mass is 32.2. The van der Waals surface area contributed by atoms with Crippen molar-refractivity contribution in [3.05, 3.63) is 23.8 Å². The van der Waals surface area contributed by atoms with Crippen molar-refractivity contribution in [2.24, 2.45) is 5.92 Å². The number of fused-ring (bicyclic) bond motifs is 2. The van der Waals surface area contributed by atoms with E-state index in [1.165, 1.54) is 0 Å². The Hall–Kier alpha value is -1.30. The Morgan fingerprint density at radius 3 is 2.25 bits per heavy atom. The molecule has 2 saturated heterocycles. The Bertz CT molecular complexity index is 604. The molecule has 0 spiro atoms. The first-order chi connectivity index (χ1) is 9.48. The number of aromatic nitrogens is 2. The van der Waals surface area contributed by atoms with E-state index in [4.69, 9.17) is 0 Å². The lowest BCUT2D eigenvalue weighted by atomic mass is 9.85. The number of carbonyl (C=O) groups excluding carboxylic acids is 1. The van der Waals surface area contributed by atoms with Gasteiger partial charge in [-0.25, -0.2) is 18.4 Å². The van der Waals surface area contributed by atoms with Gasteiger partial charge in [-0.1, -0.05) is 6.42 Å². The van der Waals surface area contributed by atoms with Crippen LogP contribution in [0.15, 0.2) is 12.4 Å². The van der Waals surface area contributed by atoms with Gasteiger partial charge in [0.25, 0.3) is 0 Å². The molecular formula is C14H18N2O3S. The van der Waals surface area contributed by atoms with Crippen molar-refractivity contribution < 1.29 is 13.2 Å². The van der Waals surface area contributed by atoms with Gasteiger partial charge >= 0.3 is 0 Å². The molecule has 20 heavy (non-hydrogen) atoms. The molecule has 3 rings (SSSR count). The molecule has 0 aliphatic carbocycles. The first kappa shape index (κ1) is 13.7. The van der Waals surface area contributed by atoms with Crippen LogP contribution >= 0.6 is 0 Å². The van der Waals surface area contributed by atoms with Crippen LogP contribution in [0.2, 0.25) is 0 Å². The summed E-state index contributed by atoms with van der Waals surface area (Å²) in [4.78, 5) is 20.6. The molecule has 2 aliphatic rings. The van der Waals surface area contributed by atoms with Crippen molar-refractivity contribution in [1.29, 1.82) is 0 Å². The van der Waals surface area contributed by atoms with E-state index in [9.17, 15) is 13.2 Å². The molecule has 3 heterocycles. The van der Waals surface area contributed by atoms with Gasteiger partial charge in [-0.15, -0.1) is 0 Å². The van der Waals surface area contributed by atoms with Crippen LogP contribution in [0.25, 0.3) is 0 Å². The summed E-state index contributed by atoms with van der Waals surface area (Å²) in [6.45, 7) is 1.77. The van der Waals surface area contributed by atoms with Gasteiger partial charge in [-0.3, -0.25) is 4.79 Å². The Morgan fingerprint density at radius 1 is 1.15 bits per heavy atom. The molecule has 1 aromatic heterocycles. The van der Waals surface area contributed by atoms with Crippen molar-refractivity contribution in [3.63, 3.8) is 0 Å². The number of rotatable bonds is 2. The number of hydrogen-bond donors (Lipinski definition) is 0. The average molecular weight is 294 g/mol. The Morgan fingerprint density at radius 2 is 1.70 bits per heavy atom. The molecule has 2 aliphatic heterocycles. The number of ketones is 1. The van der Waals surface area contributed by atoms with E-state index >= 15 is 0 Å². The van der Waals surface area contributed by atoms with Crippen LogP contribution in [-0.4, -0.2) is 34.7 Å². The van der Waals surface area contributed by atoms with Crippen LogP contribution in [-0.2, 0) is 9.84 Å². The minimum atomic E-state index is -3.00. The summed E-state index contributed by atoms with van der Waals surface area (Å²) in [6, 6.07) is 0. The first-order valence-electron chi connectivity index (χ1n) is 7.04. The molecule has 2 fully saturated rings. The molecule has 0 saturated carbocycles. The minimum Gasteiger partial charge on any atom is -0.294 e. The standard InChI is InChI=1S/C14H18N2O3S/c1-9-15-7-11(8-16-9)14(17)10-5-12-3-2-4-13(6-10)20(12,18)19/h7-8,10,12-13H,2-6H2,1H3. The normalized spacial score (nSPS) is 31.8. The van der Waals surface area contributed by atoms with E-state index in [0.717, 1.165) is 6.42 Å². The van der Waals surface area contributed by atoms with Gasteiger partial charge in [-0.05, 0) is 32.6 Å². The smallest absolute Gasteiger partial charge is 0.169 e. The SMILES string of the molecule is Cc1ncc(C(=O)C2CC3CCCC(C2)S3(=O)=O)cn1. The van der Waals surface area contributed by atoms with Crippen molar-refractivity contribution >= 4 is 15.6 Å². The number of carbonyl (C=O) groups is 1. The Balaban J connectivity index is 1.82. The number of Topliss-reactive ketones (excluding diaryl/α,β-unsaturated/α-hetero) is 1. The molecular weight excluding hydrogens is 276 g/mol. The lowest BCUT2D eigenvalue weighted by Crippen LogP contribution is -2.45. The zero-order valence-electron chi connectivity index (χ0n) is 11.4. The predicted octanol–water partition coefficient (Wildman–Crippen LogP) is 1.71. The number of hydrogen-bond acceptors (Lipinski definition) is 5. The highest BCUT2D eigenvalue weighted by Crippen LogP contribution is 2.40. The zero-order valence-corrected chi connectivity index (χ0v) is 12.3. The molecule has 2 unspecified atom stereocenters. The van der Waals surface area contributed by atoms with Crippen LogP contribution < -0.4 is 0 Å². The molecule has 0 N–H and O–H groups in total. The lowest BCUT2D eigenvalue weighted by Gasteiger charge is -2.38. The fourth-order valence-electron chi connectivity index (χ4n) is 3.38. The quantitative estimate of drug-likeness (QED) is 0.776. The maximum absolute atomic E-state index is 12.5. The monoisotopic (exact) mass is 294 g/mol. The van der Waals surface area contributed by atoms with E-state index in [0.29, 0.717) is 37.1 Å². The third-order valence-electron chi connectivity index (χ3n) is 4.51. The summed E-state index contributed by atoms with van der Waals surface area (Å²) in [5.74, 6) is 0.432. The lowest BCUT2D eigenvalue weighted by molar-refractivity contribution is 0.0893. The molecule has 0 amide bonds. The first-order valence-corrected chi connectivity index (χ1v) is 8.65. The predicted molar refractivity (Wildman–Crippen MR) is 74.2 cm³/mol. The van der Waals surface area contributed by atoms with E-state index < -0.39 is 9.84 Å². The van der Waals surface area contributed by atoms with E-state index in [-0.39, 0.29) is 22.2 Å². The summed E-state index contributed by atoms with van der Waals surface area (Å²) < 4.78 is 24.4. The Labute approximate surface area is 118 Å². The van der Waals surface area contributed by atoms with Crippen LogP contribution in [0.3, 0.4) is 0 Å². The number of sulfone groups is 1. The summed E-state index contributed by atoms with van der Waals surface area (Å²) in [5, 5.41) is -0.648. The van der Waals surface area contributed by atoms with Gasteiger partial charge in [0, 0.05) is 18.3 Å². The topological polar surface area (TPSA) is 77.0 Å². The fraction of sp³-hybridized carbons (Fsp3) is 0.643. The maximum atomic E-state index is 12.5. The zero-order chi connectivity index (χ0) is 14.3.